The van der Waals surface area contributed by atoms with Gasteiger partial charge in [-0.05, 0) is 12.8 Å². The SMILES string of the molecule is CCCCCC(CCCCC)Nc1ccn(C)n1. The molecule has 0 unspecified atom stereocenters. The molecule has 0 aromatic carbocycles. The maximum absolute atomic E-state index is 4.41. The zero-order valence-corrected chi connectivity index (χ0v) is 12.3. The van der Waals surface area contributed by atoms with Crippen LogP contribution >= 0.6 is 0 Å². The summed E-state index contributed by atoms with van der Waals surface area (Å²) in [5.41, 5.74) is 0. The molecule has 0 bridgehead atoms. The molecule has 0 aliphatic rings. The summed E-state index contributed by atoms with van der Waals surface area (Å²) in [6, 6.07) is 2.66. The number of nitrogens with one attached hydrogen (secondary N) is 1. The van der Waals surface area contributed by atoms with Crippen molar-refractivity contribution in [3.63, 3.8) is 0 Å². The topological polar surface area (TPSA) is 29.9 Å². The van der Waals surface area contributed by atoms with Crippen LogP contribution in [0.25, 0.3) is 0 Å². The van der Waals surface area contributed by atoms with Gasteiger partial charge in [0.05, 0.1) is 0 Å². The van der Waals surface area contributed by atoms with E-state index in [1.165, 1.54) is 51.4 Å². The molecule has 0 amide bonds. The molecule has 0 spiro atoms. The van der Waals surface area contributed by atoms with E-state index in [-0.39, 0.29) is 0 Å². The van der Waals surface area contributed by atoms with Gasteiger partial charge in [-0.2, -0.15) is 5.10 Å². The van der Waals surface area contributed by atoms with Gasteiger partial charge in [-0.3, -0.25) is 4.68 Å². The highest BCUT2D eigenvalue weighted by Crippen LogP contribution is 2.15. The van der Waals surface area contributed by atoms with Gasteiger partial charge in [0.2, 0.25) is 0 Å². The van der Waals surface area contributed by atoms with E-state index in [0.29, 0.717) is 6.04 Å². The monoisotopic (exact) mass is 251 g/mol. The highest BCUT2D eigenvalue weighted by Gasteiger charge is 2.09. The molecule has 0 fully saturated rings. The minimum Gasteiger partial charge on any atom is -0.366 e. The Kier molecular flexibility index (Phi) is 7.54. The number of hydrogen-bond acceptors (Lipinski definition) is 2. The minimum absolute atomic E-state index is 0.595. The first-order valence-corrected chi connectivity index (χ1v) is 7.52. The van der Waals surface area contributed by atoms with Gasteiger partial charge in [0.25, 0.3) is 0 Å². The molecule has 0 atom stereocenters. The first-order valence-electron chi connectivity index (χ1n) is 7.52. The molecule has 0 radical (unpaired) electrons. The Morgan fingerprint density at radius 3 is 2.17 bits per heavy atom. The van der Waals surface area contributed by atoms with Gasteiger partial charge in [0.1, 0.15) is 5.82 Å². The van der Waals surface area contributed by atoms with Crippen LogP contribution in [0, 0.1) is 0 Å². The molecule has 0 saturated heterocycles. The standard InChI is InChI=1S/C15H29N3/c1-4-6-8-10-14(11-9-7-5-2)16-15-12-13-18(3)17-15/h12-14H,4-11H2,1-3H3,(H,16,17). The van der Waals surface area contributed by atoms with E-state index in [9.17, 15) is 0 Å². The summed E-state index contributed by atoms with van der Waals surface area (Å²) in [5.74, 6) is 1.02. The molecule has 1 N–H and O–H groups in total. The summed E-state index contributed by atoms with van der Waals surface area (Å²) < 4.78 is 1.86. The summed E-state index contributed by atoms with van der Waals surface area (Å²) in [7, 11) is 1.97. The number of unbranched alkanes of at least 4 members (excludes halogenated alkanes) is 4. The van der Waals surface area contributed by atoms with Crippen LogP contribution < -0.4 is 5.32 Å². The van der Waals surface area contributed by atoms with Crippen molar-refractivity contribution in [2.45, 2.75) is 71.3 Å². The fourth-order valence-electron chi connectivity index (χ4n) is 2.27. The van der Waals surface area contributed by atoms with Gasteiger partial charge >= 0.3 is 0 Å². The Balaban J connectivity index is 2.37. The molecule has 1 aromatic rings. The molecule has 1 heterocycles. The van der Waals surface area contributed by atoms with Gasteiger partial charge < -0.3 is 5.32 Å². The lowest BCUT2D eigenvalue weighted by atomic mass is 10.0. The first-order chi connectivity index (χ1) is 8.76. The van der Waals surface area contributed by atoms with Crippen molar-refractivity contribution in [3.05, 3.63) is 12.3 Å². The van der Waals surface area contributed by atoms with Crippen molar-refractivity contribution in [1.29, 1.82) is 0 Å². The quantitative estimate of drug-likeness (QED) is 0.626. The van der Waals surface area contributed by atoms with Gasteiger partial charge in [0.15, 0.2) is 0 Å². The number of hydrogen-bond donors (Lipinski definition) is 1. The number of aryl methyl sites for hydroxylation is 1. The number of rotatable bonds is 10. The van der Waals surface area contributed by atoms with Crippen molar-refractivity contribution >= 4 is 5.82 Å². The Bertz CT molecular complexity index is 296. The van der Waals surface area contributed by atoms with Crippen LogP contribution in [0.1, 0.15) is 65.2 Å². The second-order valence-corrected chi connectivity index (χ2v) is 5.21. The number of anilines is 1. The third-order valence-electron chi connectivity index (χ3n) is 3.38. The Morgan fingerprint density at radius 2 is 1.72 bits per heavy atom. The highest BCUT2D eigenvalue weighted by atomic mass is 15.3. The summed E-state index contributed by atoms with van der Waals surface area (Å²) in [5, 5.41) is 8.00. The average molecular weight is 251 g/mol. The van der Waals surface area contributed by atoms with E-state index in [2.05, 4.69) is 30.3 Å². The maximum Gasteiger partial charge on any atom is 0.148 e. The zero-order valence-electron chi connectivity index (χ0n) is 12.3. The van der Waals surface area contributed by atoms with Crippen LogP contribution in [0.5, 0.6) is 0 Å². The molecule has 0 aliphatic carbocycles. The van der Waals surface area contributed by atoms with Crippen molar-refractivity contribution in [3.8, 4) is 0 Å². The van der Waals surface area contributed by atoms with E-state index < -0.39 is 0 Å². The molecule has 0 aliphatic heterocycles. The molecule has 104 valence electrons. The predicted molar refractivity (Wildman–Crippen MR) is 78.9 cm³/mol. The normalized spacial score (nSPS) is 11.1. The van der Waals surface area contributed by atoms with Crippen LogP contribution in [-0.4, -0.2) is 15.8 Å². The molecule has 3 heteroatoms. The highest BCUT2D eigenvalue weighted by molar-refractivity contribution is 5.33. The number of aromatic nitrogens is 2. The average Bonchev–Trinajstić information content (AvgIpc) is 2.75. The Labute approximate surface area is 112 Å². The van der Waals surface area contributed by atoms with Crippen molar-refractivity contribution < 1.29 is 0 Å². The first kappa shape index (κ1) is 15.1. The second-order valence-electron chi connectivity index (χ2n) is 5.21. The smallest absolute Gasteiger partial charge is 0.148 e. The largest absolute Gasteiger partial charge is 0.366 e. The summed E-state index contributed by atoms with van der Waals surface area (Å²) in [4.78, 5) is 0. The Hall–Kier alpha value is -0.990. The van der Waals surface area contributed by atoms with Gasteiger partial charge in [-0.15, -0.1) is 0 Å². The van der Waals surface area contributed by atoms with Crippen LogP contribution in [0.3, 0.4) is 0 Å². The van der Waals surface area contributed by atoms with E-state index in [1.807, 2.05) is 17.9 Å². The molecular weight excluding hydrogens is 222 g/mol. The third-order valence-corrected chi connectivity index (χ3v) is 3.38. The molecule has 18 heavy (non-hydrogen) atoms. The zero-order chi connectivity index (χ0) is 13.2. The van der Waals surface area contributed by atoms with Crippen LogP contribution in [-0.2, 0) is 7.05 Å². The molecule has 1 rings (SSSR count). The molecule has 0 saturated carbocycles. The Morgan fingerprint density at radius 1 is 1.11 bits per heavy atom. The maximum atomic E-state index is 4.41. The lowest BCUT2D eigenvalue weighted by Gasteiger charge is -2.18. The van der Waals surface area contributed by atoms with E-state index >= 15 is 0 Å². The molecule has 1 aromatic heterocycles. The molecular formula is C15H29N3. The summed E-state index contributed by atoms with van der Waals surface area (Å²) in [6.45, 7) is 4.52. The van der Waals surface area contributed by atoms with Crippen LogP contribution in [0.4, 0.5) is 5.82 Å². The minimum atomic E-state index is 0.595. The predicted octanol–water partition coefficient (Wildman–Crippen LogP) is 4.36. The van der Waals surface area contributed by atoms with Gasteiger partial charge in [-0.1, -0.05) is 52.4 Å². The van der Waals surface area contributed by atoms with Gasteiger partial charge in [-0.25, -0.2) is 0 Å². The van der Waals surface area contributed by atoms with Crippen LogP contribution in [0.15, 0.2) is 12.3 Å². The van der Waals surface area contributed by atoms with Crippen molar-refractivity contribution in [2.75, 3.05) is 5.32 Å². The van der Waals surface area contributed by atoms with Crippen molar-refractivity contribution in [1.82, 2.24) is 9.78 Å². The van der Waals surface area contributed by atoms with Crippen LogP contribution in [0.2, 0.25) is 0 Å². The fraction of sp³-hybridized carbons (Fsp3) is 0.800. The molecule has 3 nitrogen and oxygen atoms in total. The third kappa shape index (κ3) is 6.08. The van der Waals surface area contributed by atoms with Crippen molar-refractivity contribution in [2.24, 2.45) is 7.05 Å². The summed E-state index contributed by atoms with van der Waals surface area (Å²) in [6.07, 6.45) is 12.5. The fourth-order valence-corrected chi connectivity index (χ4v) is 2.27. The van der Waals surface area contributed by atoms with Gasteiger partial charge in [0, 0.05) is 25.4 Å². The van der Waals surface area contributed by atoms with E-state index in [0.717, 1.165) is 5.82 Å². The summed E-state index contributed by atoms with van der Waals surface area (Å²) >= 11 is 0. The lowest BCUT2D eigenvalue weighted by Crippen LogP contribution is -2.20. The lowest BCUT2D eigenvalue weighted by molar-refractivity contribution is 0.524. The second kappa shape index (κ2) is 9.01. The number of nitrogens with zero attached hydrogens (tertiary/aromatic N) is 2. The van der Waals surface area contributed by atoms with E-state index in [1.54, 1.807) is 0 Å². The van der Waals surface area contributed by atoms with E-state index in [4.69, 9.17) is 0 Å².